The summed E-state index contributed by atoms with van der Waals surface area (Å²) in [7, 11) is 1.56. The van der Waals surface area contributed by atoms with Crippen molar-refractivity contribution in [3.63, 3.8) is 0 Å². The second-order valence-electron chi connectivity index (χ2n) is 7.13. The summed E-state index contributed by atoms with van der Waals surface area (Å²) in [5.74, 6) is 2.53. The molecule has 6 nitrogen and oxygen atoms in total. The number of aromatic nitrogens is 3. The lowest BCUT2D eigenvalue weighted by atomic mass is 10.1. The Kier molecular flexibility index (Phi) is 6.29. The first-order valence-corrected chi connectivity index (χ1v) is 11.2. The molecule has 1 aliphatic carbocycles. The standard InChI is InChI=1S/C22H23ClN4O2S/c1-3-27-21(17-12-16(17)14-7-5-4-6-8-14)25-26-22(27)30-13-20(28)24-18-11-15(23)9-10-19(18)29-2/h4-11,16-17H,3,12-13H2,1-2H3,(H,24,28). The number of thioether (sulfide) groups is 1. The van der Waals surface area contributed by atoms with E-state index in [-0.39, 0.29) is 11.7 Å². The van der Waals surface area contributed by atoms with Crippen molar-refractivity contribution >= 4 is 35.0 Å². The molecule has 0 spiro atoms. The zero-order valence-corrected chi connectivity index (χ0v) is 18.4. The zero-order chi connectivity index (χ0) is 21.1. The van der Waals surface area contributed by atoms with E-state index in [1.165, 1.54) is 17.3 Å². The van der Waals surface area contributed by atoms with Crippen LogP contribution in [0.3, 0.4) is 0 Å². The molecular formula is C22H23ClN4O2S. The number of nitrogens with one attached hydrogen (secondary N) is 1. The first kappa shape index (κ1) is 20.8. The lowest BCUT2D eigenvalue weighted by Crippen LogP contribution is -2.15. The number of carbonyl (C=O) groups is 1. The molecule has 1 aromatic heterocycles. The molecule has 0 radical (unpaired) electrons. The third kappa shape index (κ3) is 4.47. The molecule has 2 atom stereocenters. The smallest absolute Gasteiger partial charge is 0.234 e. The molecule has 0 bridgehead atoms. The number of anilines is 1. The van der Waals surface area contributed by atoms with Gasteiger partial charge in [0, 0.05) is 17.5 Å². The van der Waals surface area contributed by atoms with Gasteiger partial charge < -0.3 is 14.6 Å². The number of rotatable bonds is 8. The second-order valence-corrected chi connectivity index (χ2v) is 8.50. The van der Waals surface area contributed by atoms with Crippen molar-refractivity contribution in [2.45, 2.75) is 36.9 Å². The molecule has 0 saturated heterocycles. The Morgan fingerprint density at radius 1 is 1.23 bits per heavy atom. The van der Waals surface area contributed by atoms with Gasteiger partial charge in [-0.2, -0.15) is 0 Å². The number of halogens is 1. The van der Waals surface area contributed by atoms with Gasteiger partial charge in [-0.05, 0) is 43.0 Å². The Balaban J connectivity index is 1.40. The van der Waals surface area contributed by atoms with E-state index in [9.17, 15) is 4.79 Å². The van der Waals surface area contributed by atoms with Gasteiger partial charge in [-0.15, -0.1) is 10.2 Å². The Labute approximate surface area is 185 Å². The largest absolute Gasteiger partial charge is 0.495 e. The maximum atomic E-state index is 12.5. The molecule has 2 unspecified atom stereocenters. The lowest BCUT2D eigenvalue weighted by Gasteiger charge is -2.11. The van der Waals surface area contributed by atoms with Crippen molar-refractivity contribution in [1.29, 1.82) is 0 Å². The van der Waals surface area contributed by atoms with Crippen molar-refractivity contribution in [3.8, 4) is 5.75 Å². The first-order chi connectivity index (χ1) is 14.6. The highest BCUT2D eigenvalue weighted by molar-refractivity contribution is 7.99. The fraction of sp³-hybridized carbons (Fsp3) is 0.318. The molecule has 156 valence electrons. The molecular weight excluding hydrogens is 420 g/mol. The van der Waals surface area contributed by atoms with Gasteiger partial charge in [0.1, 0.15) is 11.6 Å². The minimum absolute atomic E-state index is 0.152. The molecule has 30 heavy (non-hydrogen) atoms. The summed E-state index contributed by atoms with van der Waals surface area (Å²) in [5, 5.41) is 13.0. The molecule has 0 aliphatic heterocycles. The number of hydrogen-bond acceptors (Lipinski definition) is 5. The predicted octanol–water partition coefficient (Wildman–Crippen LogP) is 4.96. The molecule has 1 amide bonds. The lowest BCUT2D eigenvalue weighted by molar-refractivity contribution is -0.113. The van der Waals surface area contributed by atoms with Crippen molar-refractivity contribution in [2.24, 2.45) is 0 Å². The molecule has 4 rings (SSSR count). The maximum absolute atomic E-state index is 12.5. The predicted molar refractivity (Wildman–Crippen MR) is 120 cm³/mol. The normalized spacial score (nSPS) is 17.6. The van der Waals surface area contributed by atoms with E-state index in [0.717, 1.165) is 23.9 Å². The molecule has 1 aliphatic rings. The van der Waals surface area contributed by atoms with Gasteiger partial charge in [0.15, 0.2) is 5.16 Å². The van der Waals surface area contributed by atoms with Crippen LogP contribution in [0, 0.1) is 0 Å². The Hall–Kier alpha value is -2.51. The van der Waals surface area contributed by atoms with Crippen LogP contribution in [-0.2, 0) is 11.3 Å². The van der Waals surface area contributed by atoms with E-state index in [1.54, 1.807) is 25.3 Å². The zero-order valence-electron chi connectivity index (χ0n) is 16.8. The summed E-state index contributed by atoms with van der Waals surface area (Å²) in [6, 6.07) is 15.6. The van der Waals surface area contributed by atoms with Gasteiger partial charge in [-0.25, -0.2) is 0 Å². The molecule has 8 heteroatoms. The first-order valence-electron chi connectivity index (χ1n) is 9.85. The van der Waals surface area contributed by atoms with Crippen LogP contribution in [0.2, 0.25) is 5.02 Å². The number of benzene rings is 2. The highest BCUT2D eigenvalue weighted by Gasteiger charge is 2.43. The van der Waals surface area contributed by atoms with Crippen LogP contribution in [0.15, 0.2) is 53.7 Å². The number of ether oxygens (including phenoxy) is 1. The van der Waals surface area contributed by atoms with Crippen LogP contribution in [0.25, 0.3) is 0 Å². The van der Waals surface area contributed by atoms with Crippen LogP contribution in [-0.4, -0.2) is 33.5 Å². The van der Waals surface area contributed by atoms with Gasteiger partial charge in [-0.3, -0.25) is 4.79 Å². The van der Waals surface area contributed by atoms with Crippen molar-refractivity contribution in [2.75, 3.05) is 18.2 Å². The highest BCUT2D eigenvalue weighted by Crippen LogP contribution is 2.54. The minimum atomic E-state index is -0.152. The van der Waals surface area contributed by atoms with Crippen molar-refractivity contribution in [3.05, 3.63) is 64.9 Å². The SMILES string of the molecule is CCn1c(SCC(=O)Nc2cc(Cl)ccc2OC)nnc1C1CC1c1ccccc1. The summed E-state index contributed by atoms with van der Waals surface area (Å²) in [5.41, 5.74) is 1.90. The number of carbonyl (C=O) groups excluding carboxylic acids is 1. The van der Waals surface area contributed by atoms with Crippen LogP contribution >= 0.6 is 23.4 Å². The number of methoxy groups -OCH3 is 1. The van der Waals surface area contributed by atoms with Gasteiger partial charge in [0.25, 0.3) is 0 Å². The number of hydrogen-bond donors (Lipinski definition) is 1. The Bertz CT molecular complexity index is 1040. The fourth-order valence-electron chi connectivity index (χ4n) is 3.62. The van der Waals surface area contributed by atoms with Gasteiger partial charge in [0.2, 0.25) is 5.91 Å². The maximum Gasteiger partial charge on any atom is 0.234 e. The summed E-state index contributed by atoms with van der Waals surface area (Å²) in [6.45, 7) is 2.85. The van der Waals surface area contributed by atoms with Crippen LogP contribution in [0.1, 0.15) is 36.6 Å². The molecule has 1 heterocycles. The number of amides is 1. The molecule has 1 saturated carbocycles. The summed E-state index contributed by atoms with van der Waals surface area (Å²) < 4.78 is 7.39. The van der Waals surface area contributed by atoms with Crippen molar-refractivity contribution < 1.29 is 9.53 Å². The topological polar surface area (TPSA) is 69.0 Å². The van der Waals surface area contributed by atoms with E-state index >= 15 is 0 Å². The van der Waals surface area contributed by atoms with E-state index in [1.807, 2.05) is 6.07 Å². The highest BCUT2D eigenvalue weighted by atomic mass is 35.5. The minimum Gasteiger partial charge on any atom is -0.495 e. The molecule has 2 aromatic carbocycles. The number of nitrogens with zero attached hydrogens (tertiary/aromatic N) is 3. The Morgan fingerprint density at radius 3 is 2.77 bits per heavy atom. The van der Waals surface area contributed by atoms with Crippen LogP contribution in [0.4, 0.5) is 5.69 Å². The van der Waals surface area contributed by atoms with Crippen molar-refractivity contribution in [1.82, 2.24) is 14.8 Å². The van der Waals surface area contributed by atoms with Crippen LogP contribution in [0.5, 0.6) is 5.75 Å². The molecule has 3 aromatic rings. The summed E-state index contributed by atoms with van der Waals surface area (Å²) in [6.07, 6.45) is 1.09. The average Bonchev–Trinajstić information content (AvgIpc) is 3.45. The van der Waals surface area contributed by atoms with Crippen LogP contribution < -0.4 is 10.1 Å². The quantitative estimate of drug-likeness (QED) is 0.499. The molecule has 1 N–H and O–H groups in total. The third-order valence-corrected chi connectivity index (χ3v) is 6.38. The van der Waals surface area contributed by atoms with E-state index < -0.39 is 0 Å². The third-order valence-electron chi connectivity index (χ3n) is 5.18. The van der Waals surface area contributed by atoms with E-state index in [2.05, 4.69) is 51.3 Å². The average molecular weight is 443 g/mol. The Morgan fingerprint density at radius 2 is 2.03 bits per heavy atom. The second kappa shape index (κ2) is 9.10. The monoisotopic (exact) mass is 442 g/mol. The summed E-state index contributed by atoms with van der Waals surface area (Å²) in [4.78, 5) is 12.5. The van der Waals surface area contributed by atoms with Gasteiger partial charge in [0.05, 0.1) is 18.6 Å². The summed E-state index contributed by atoms with van der Waals surface area (Å²) >= 11 is 7.41. The fourth-order valence-corrected chi connectivity index (χ4v) is 4.60. The van der Waals surface area contributed by atoms with Gasteiger partial charge in [-0.1, -0.05) is 53.7 Å². The van der Waals surface area contributed by atoms with E-state index in [0.29, 0.717) is 28.3 Å². The van der Waals surface area contributed by atoms with Gasteiger partial charge >= 0.3 is 0 Å². The molecule has 1 fully saturated rings. The van der Waals surface area contributed by atoms with E-state index in [4.69, 9.17) is 16.3 Å².